The summed E-state index contributed by atoms with van der Waals surface area (Å²) >= 11 is 6.26. The minimum absolute atomic E-state index is 0.0703. The van der Waals surface area contributed by atoms with Crippen LogP contribution in [0.2, 0.25) is 5.02 Å². The molecule has 0 spiro atoms. The molecule has 8 heteroatoms. The van der Waals surface area contributed by atoms with E-state index in [-0.39, 0.29) is 12.0 Å². The van der Waals surface area contributed by atoms with Crippen molar-refractivity contribution in [1.82, 2.24) is 14.8 Å². The summed E-state index contributed by atoms with van der Waals surface area (Å²) in [5, 5.41) is 7.39. The fraction of sp³-hybridized carbons (Fsp3) is 0.471. The number of hydrogen-bond acceptors (Lipinski definition) is 5. The maximum atomic E-state index is 12.5. The Morgan fingerprint density at radius 3 is 3.12 bits per heavy atom. The van der Waals surface area contributed by atoms with E-state index in [1.165, 1.54) is 17.3 Å². The summed E-state index contributed by atoms with van der Waals surface area (Å²) < 4.78 is 12.8. The number of aromatic nitrogens is 3. The monoisotopic (exact) mass is 364 g/mol. The topological polar surface area (TPSA) is 78.3 Å². The number of amides is 1. The molecule has 25 heavy (non-hydrogen) atoms. The molecule has 1 fully saturated rings. The molecule has 1 amide bonds. The van der Waals surface area contributed by atoms with Gasteiger partial charge in [-0.15, -0.1) is 0 Å². The molecule has 0 aliphatic carbocycles. The number of halogens is 1. The van der Waals surface area contributed by atoms with E-state index >= 15 is 0 Å². The standard InChI is InChI=1S/C17H21ClN4O3/c1-12(25-9-13-5-2-3-8-24-13)17(23)21-15-7-4-6-14(18)16(15)22-11-19-10-20-22/h4,6-7,10-13H,2-3,5,8-9H2,1H3,(H,21,23). The molecule has 2 heterocycles. The molecule has 0 radical (unpaired) electrons. The predicted molar refractivity (Wildman–Crippen MR) is 94.0 cm³/mol. The van der Waals surface area contributed by atoms with E-state index in [0.717, 1.165) is 25.9 Å². The third-order valence-electron chi connectivity index (χ3n) is 4.07. The number of anilines is 1. The molecule has 0 saturated carbocycles. The van der Waals surface area contributed by atoms with Crippen molar-refractivity contribution in [2.45, 2.75) is 38.4 Å². The Bertz CT molecular complexity index is 702. The number of benzene rings is 1. The van der Waals surface area contributed by atoms with Gasteiger partial charge in [0.1, 0.15) is 24.4 Å². The van der Waals surface area contributed by atoms with Crippen LogP contribution in [0, 0.1) is 0 Å². The summed E-state index contributed by atoms with van der Waals surface area (Å²) in [7, 11) is 0. The van der Waals surface area contributed by atoms with Gasteiger partial charge in [0.15, 0.2) is 0 Å². The molecule has 0 bridgehead atoms. The normalized spacial score (nSPS) is 18.7. The number of nitrogens with zero attached hydrogens (tertiary/aromatic N) is 3. The lowest BCUT2D eigenvalue weighted by atomic mass is 10.1. The quantitative estimate of drug-likeness (QED) is 0.852. The SMILES string of the molecule is CC(OCC1CCCCO1)C(=O)Nc1cccc(Cl)c1-n1cncn1. The number of ether oxygens (including phenoxy) is 2. The molecule has 1 aliphatic heterocycles. The molecule has 1 aromatic carbocycles. The van der Waals surface area contributed by atoms with Gasteiger partial charge in [-0.2, -0.15) is 5.10 Å². The second-order valence-corrected chi connectivity index (χ2v) is 6.34. The fourth-order valence-electron chi connectivity index (χ4n) is 2.67. The van der Waals surface area contributed by atoms with E-state index < -0.39 is 6.10 Å². The summed E-state index contributed by atoms with van der Waals surface area (Å²) in [4.78, 5) is 16.4. The third kappa shape index (κ3) is 4.56. The number of para-hydroxylation sites is 1. The van der Waals surface area contributed by atoms with Gasteiger partial charge in [0, 0.05) is 6.61 Å². The molecule has 1 aromatic heterocycles. The highest BCUT2D eigenvalue weighted by atomic mass is 35.5. The van der Waals surface area contributed by atoms with Gasteiger partial charge >= 0.3 is 0 Å². The van der Waals surface area contributed by atoms with Crippen LogP contribution in [0.15, 0.2) is 30.9 Å². The Balaban J connectivity index is 1.63. The largest absolute Gasteiger partial charge is 0.376 e. The maximum absolute atomic E-state index is 12.5. The zero-order chi connectivity index (χ0) is 17.6. The number of rotatable bonds is 6. The van der Waals surface area contributed by atoms with Crippen LogP contribution >= 0.6 is 11.6 Å². The lowest BCUT2D eigenvalue weighted by molar-refractivity contribution is -0.130. The Kier molecular flexibility index (Phi) is 6.01. The van der Waals surface area contributed by atoms with Gasteiger partial charge in [-0.05, 0) is 38.3 Å². The number of nitrogens with one attached hydrogen (secondary N) is 1. The maximum Gasteiger partial charge on any atom is 0.253 e. The molecule has 134 valence electrons. The average Bonchev–Trinajstić information content (AvgIpc) is 3.14. The van der Waals surface area contributed by atoms with Gasteiger partial charge in [0.25, 0.3) is 5.91 Å². The van der Waals surface area contributed by atoms with Crippen molar-refractivity contribution in [2.75, 3.05) is 18.5 Å². The van der Waals surface area contributed by atoms with E-state index in [9.17, 15) is 4.79 Å². The zero-order valence-electron chi connectivity index (χ0n) is 14.0. The van der Waals surface area contributed by atoms with E-state index in [1.54, 1.807) is 25.1 Å². The Morgan fingerprint density at radius 2 is 2.40 bits per heavy atom. The van der Waals surface area contributed by atoms with Crippen molar-refractivity contribution in [3.63, 3.8) is 0 Å². The van der Waals surface area contributed by atoms with Crippen LogP contribution in [0.1, 0.15) is 26.2 Å². The first-order valence-corrected chi connectivity index (χ1v) is 8.70. The van der Waals surface area contributed by atoms with Gasteiger partial charge < -0.3 is 14.8 Å². The number of carbonyl (C=O) groups excluding carboxylic acids is 1. The van der Waals surface area contributed by atoms with Crippen molar-refractivity contribution in [2.24, 2.45) is 0 Å². The summed E-state index contributed by atoms with van der Waals surface area (Å²) in [6.07, 6.45) is 5.60. The Morgan fingerprint density at radius 1 is 1.52 bits per heavy atom. The summed E-state index contributed by atoms with van der Waals surface area (Å²) in [5.41, 5.74) is 1.12. The molecule has 1 saturated heterocycles. The van der Waals surface area contributed by atoms with Gasteiger partial charge in [-0.3, -0.25) is 4.79 Å². The average molecular weight is 365 g/mol. The lowest BCUT2D eigenvalue weighted by Gasteiger charge is -2.24. The summed E-state index contributed by atoms with van der Waals surface area (Å²) in [6, 6.07) is 5.26. The Hall–Kier alpha value is -1.96. The summed E-state index contributed by atoms with van der Waals surface area (Å²) in [5.74, 6) is -0.251. The van der Waals surface area contributed by atoms with Gasteiger partial charge in [0.05, 0.1) is 23.4 Å². The first-order chi connectivity index (χ1) is 12.1. The van der Waals surface area contributed by atoms with Gasteiger partial charge in [-0.1, -0.05) is 17.7 Å². The molecule has 2 unspecified atom stereocenters. The second-order valence-electron chi connectivity index (χ2n) is 5.93. The lowest BCUT2D eigenvalue weighted by Crippen LogP contribution is -2.33. The molecular weight excluding hydrogens is 344 g/mol. The molecule has 7 nitrogen and oxygen atoms in total. The predicted octanol–water partition coefficient (Wildman–Crippen LogP) is 2.83. The minimum Gasteiger partial charge on any atom is -0.376 e. The van der Waals surface area contributed by atoms with Crippen molar-refractivity contribution in [3.05, 3.63) is 35.9 Å². The highest BCUT2D eigenvalue weighted by Gasteiger charge is 2.20. The van der Waals surface area contributed by atoms with Crippen LogP contribution in [-0.2, 0) is 14.3 Å². The van der Waals surface area contributed by atoms with Crippen LogP contribution in [0.4, 0.5) is 5.69 Å². The zero-order valence-corrected chi connectivity index (χ0v) is 14.8. The van der Waals surface area contributed by atoms with Crippen molar-refractivity contribution in [3.8, 4) is 5.69 Å². The number of hydrogen-bond donors (Lipinski definition) is 1. The smallest absolute Gasteiger partial charge is 0.253 e. The minimum atomic E-state index is -0.604. The second kappa shape index (κ2) is 8.42. The molecular formula is C17H21ClN4O3. The molecule has 1 N–H and O–H groups in total. The van der Waals surface area contributed by atoms with Crippen LogP contribution < -0.4 is 5.32 Å². The van der Waals surface area contributed by atoms with Crippen molar-refractivity contribution >= 4 is 23.2 Å². The highest BCUT2D eigenvalue weighted by molar-refractivity contribution is 6.33. The van der Waals surface area contributed by atoms with Gasteiger partial charge in [-0.25, -0.2) is 9.67 Å². The van der Waals surface area contributed by atoms with Crippen molar-refractivity contribution in [1.29, 1.82) is 0 Å². The van der Waals surface area contributed by atoms with Gasteiger partial charge in [0.2, 0.25) is 0 Å². The third-order valence-corrected chi connectivity index (χ3v) is 4.37. The first-order valence-electron chi connectivity index (χ1n) is 8.32. The fourth-order valence-corrected chi connectivity index (χ4v) is 2.93. The van der Waals surface area contributed by atoms with Crippen LogP contribution in [0.3, 0.4) is 0 Å². The van der Waals surface area contributed by atoms with Crippen LogP contribution in [0.5, 0.6) is 0 Å². The van der Waals surface area contributed by atoms with E-state index in [2.05, 4.69) is 15.4 Å². The van der Waals surface area contributed by atoms with E-state index in [0.29, 0.717) is 23.0 Å². The van der Waals surface area contributed by atoms with Crippen molar-refractivity contribution < 1.29 is 14.3 Å². The molecule has 2 atom stereocenters. The molecule has 2 aromatic rings. The van der Waals surface area contributed by atoms with Crippen LogP contribution in [0.25, 0.3) is 5.69 Å². The number of carbonyl (C=O) groups is 1. The van der Waals surface area contributed by atoms with E-state index in [1.807, 2.05) is 0 Å². The molecule has 1 aliphatic rings. The van der Waals surface area contributed by atoms with E-state index in [4.69, 9.17) is 21.1 Å². The molecule has 3 rings (SSSR count). The Labute approximate surface area is 151 Å². The summed E-state index contributed by atoms with van der Waals surface area (Å²) in [6.45, 7) is 2.90. The highest BCUT2D eigenvalue weighted by Crippen LogP contribution is 2.28. The van der Waals surface area contributed by atoms with Crippen LogP contribution in [-0.4, -0.2) is 46.1 Å². The first kappa shape index (κ1) is 17.8.